The van der Waals surface area contributed by atoms with Gasteiger partial charge in [-0.1, -0.05) is 0 Å². The van der Waals surface area contributed by atoms with Crippen molar-refractivity contribution in [2.75, 3.05) is 0 Å². The highest BCUT2D eigenvalue weighted by molar-refractivity contribution is 7.12. The Bertz CT molecular complexity index is 314. The summed E-state index contributed by atoms with van der Waals surface area (Å²) >= 11 is 1.24. The Balaban J connectivity index is 2.91. The van der Waals surface area contributed by atoms with E-state index in [0.29, 0.717) is 10.6 Å². The number of esters is 1. The Morgan fingerprint density at radius 2 is 2.08 bits per heavy atom. The predicted octanol–water partition coefficient (Wildman–Crippen LogP) is 1.88. The van der Waals surface area contributed by atoms with Gasteiger partial charge in [0.2, 0.25) is 0 Å². The highest BCUT2D eigenvalue weighted by atomic mass is 32.1. The molecule has 0 aromatic carbocycles. The van der Waals surface area contributed by atoms with Crippen LogP contribution >= 0.6 is 11.3 Å². The Kier molecular flexibility index (Phi) is 2.60. The molecule has 0 bridgehead atoms. The van der Waals surface area contributed by atoms with Crippen molar-refractivity contribution in [2.24, 2.45) is 0 Å². The van der Waals surface area contributed by atoms with Gasteiger partial charge in [-0.25, -0.2) is 0 Å². The second-order valence-electron chi connectivity index (χ2n) is 2.27. The molecular weight excluding hydrogens is 176 g/mol. The second kappa shape index (κ2) is 3.49. The minimum Gasteiger partial charge on any atom is -0.415 e. The summed E-state index contributed by atoms with van der Waals surface area (Å²) in [5.41, 5.74) is 0.468. The zero-order valence-corrected chi connectivity index (χ0v) is 7.60. The average molecular weight is 184 g/mol. The molecular formula is C8H8O3S. The van der Waals surface area contributed by atoms with Crippen molar-refractivity contribution in [1.29, 1.82) is 0 Å². The van der Waals surface area contributed by atoms with Crippen molar-refractivity contribution in [3.05, 3.63) is 17.0 Å². The monoisotopic (exact) mass is 184 g/mol. The van der Waals surface area contributed by atoms with E-state index in [1.165, 1.54) is 25.2 Å². The van der Waals surface area contributed by atoms with Crippen LogP contribution in [0.4, 0.5) is 0 Å². The number of ketones is 1. The van der Waals surface area contributed by atoms with Crippen LogP contribution in [0.2, 0.25) is 0 Å². The predicted molar refractivity (Wildman–Crippen MR) is 45.6 cm³/mol. The molecule has 0 fully saturated rings. The summed E-state index contributed by atoms with van der Waals surface area (Å²) in [6.07, 6.45) is 0. The molecule has 0 N–H and O–H groups in total. The van der Waals surface area contributed by atoms with E-state index in [1.54, 1.807) is 11.4 Å². The van der Waals surface area contributed by atoms with Crippen LogP contribution in [-0.4, -0.2) is 11.8 Å². The maximum absolute atomic E-state index is 10.9. The first-order valence-corrected chi connectivity index (χ1v) is 4.26. The normalized spacial score (nSPS) is 9.50. The second-order valence-corrected chi connectivity index (χ2v) is 3.15. The van der Waals surface area contributed by atoms with Gasteiger partial charge in [-0.3, -0.25) is 9.59 Å². The van der Waals surface area contributed by atoms with Gasteiger partial charge in [0.25, 0.3) is 0 Å². The lowest BCUT2D eigenvalue weighted by Gasteiger charge is -1.98. The Labute approximate surface area is 74.0 Å². The molecule has 0 saturated heterocycles. The van der Waals surface area contributed by atoms with Gasteiger partial charge in [0.1, 0.15) is 0 Å². The van der Waals surface area contributed by atoms with Gasteiger partial charge >= 0.3 is 5.97 Å². The lowest BCUT2D eigenvalue weighted by atomic mass is 10.2. The Morgan fingerprint density at radius 1 is 1.42 bits per heavy atom. The summed E-state index contributed by atoms with van der Waals surface area (Å²) in [6.45, 7) is 2.75. The van der Waals surface area contributed by atoms with Crippen LogP contribution in [0.15, 0.2) is 11.4 Å². The van der Waals surface area contributed by atoms with Gasteiger partial charge in [-0.2, -0.15) is 0 Å². The third kappa shape index (κ3) is 1.92. The van der Waals surface area contributed by atoms with Crippen molar-refractivity contribution in [3.8, 4) is 5.06 Å². The topological polar surface area (TPSA) is 43.4 Å². The average Bonchev–Trinajstić information content (AvgIpc) is 2.33. The van der Waals surface area contributed by atoms with Crippen LogP contribution in [-0.2, 0) is 4.79 Å². The highest BCUT2D eigenvalue weighted by Gasteiger charge is 2.10. The quantitative estimate of drug-likeness (QED) is 0.520. The molecule has 1 aromatic rings. The summed E-state index contributed by atoms with van der Waals surface area (Å²) < 4.78 is 4.81. The van der Waals surface area contributed by atoms with Crippen LogP contribution in [0, 0.1) is 0 Å². The van der Waals surface area contributed by atoms with Gasteiger partial charge in [0.15, 0.2) is 10.8 Å². The SMILES string of the molecule is CC(=O)Oc1sccc1C(C)=O. The molecule has 0 radical (unpaired) electrons. The van der Waals surface area contributed by atoms with E-state index >= 15 is 0 Å². The van der Waals surface area contributed by atoms with Crippen LogP contribution in [0.5, 0.6) is 5.06 Å². The van der Waals surface area contributed by atoms with E-state index in [0.717, 1.165) is 0 Å². The molecule has 12 heavy (non-hydrogen) atoms. The molecule has 1 heterocycles. The minimum absolute atomic E-state index is 0.0903. The molecule has 0 unspecified atom stereocenters. The standard InChI is InChI=1S/C8H8O3S/c1-5(9)7-3-4-12-8(7)11-6(2)10/h3-4H,1-2H3. The van der Waals surface area contributed by atoms with E-state index in [-0.39, 0.29) is 5.78 Å². The van der Waals surface area contributed by atoms with Crippen LogP contribution in [0.25, 0.3) is 0 Å². The fraction of sp³-hybridized carbons (Fsp3) is 0.250. The van der Waals surface area contributed by atoms with Gasteiger partial charge in [-0.15, -0.1) is 11.3 Å². The van der Waals surface area contributed by atoms with Crippen LogP contribution in [0.3, 0.4) is 0 Å². The molecule has 1 aromatic heterocycles. The lowest BCUT2D eigenvalue weighted by molar-refractivity contribution is -0.131. The molecule has 0 saturated carbocycles. The first-order chi connectivity index (χ1) is 5.61. The smallest absolute Gasteiger partial charge is 0.308 e. The van der Waals surface area contributed by atoms with Gasteiger partial charge in [-0.05, 0) is 18.4 Å². The maximum atomic E-state index is 10.9. The van der Waals surface area contributed by atoms with Crippen molar-refractivity contribution in [3.63, 3.8) is 0 Å². The van der Waals surface area contributed by atoms with Crippen LogP contribution in [0.1, 0.15) is 24.2 Å². The number of hydrogen-bond acceptors (Lipinski definition) is 4. The number of carbonyl (C=O) groups is 2. The zero-order valence-electron chi connectivity index (χ0n) is 6.79. The van der Waals surface area contributed by atoms with Crippen molar-refractivity contribution in [2.45, 2.75) is 13.8 Å². The minimum atomic E-state index is -0.403. The lowest BCUT2D eigenvalue weighted by Crippen LogP contribution is -2.03. The summed E-state index contributed by atoms with van der Waals surface area (Å²) in [6, 6.07) is 1.64. The number of carbonyl (C=O) groups excluding carboxylic acids is 2. The number of hydrogen-bond donors (Lipinski definition) is 0. The largest absolute Gasteiger partial charge is 0.415 e. The third-order valence-corrected chi connectivity index (χ3v) is 2.03. The molecule has 0 aliphatic rings. The highest BCUT2D eigenvalue weighted by Crippen LogP contribution is 2.26. The number of thiophene rings is 1. The molecule has 0 aliphatic carbocycles. The molecule has 1 rings (SSSR count). The number of Topliss-reactive ketones (excluding diaryl/α,β-unsaturated/α-hetero) is 1. The first kappa shape index (κ1) is 8.93. The molecule has 0 aliphatic heterocycles. The van der Waals surface area contributed by atoms with E-state index in [4.69, 9.17) is 4.74 Å². The molecule has 0 spiro atoms. The Morgan fingerprint density at radius 3 is 2.58 bits per heavy atom. The van der Waals surface area contributed by atoms with E-state index in [9.17, 15) is 9.59 Å². The number of ether oxygens (including phenoxy) is 1. The fourth-order valence-electron chi connectivity index (χ4n) is 0.766. The van der Waals surface area contributed by atoms with E-state index in [1.807, 2.05) is 0 Å². The van der Waals surface area contributed by atoms with Crippen molar-refractivity contribution >= 4 is 23.1 Å². The van der Waals surface area contributed by atoms with Gasteiger partial charge < -0.3 is 4.74 Å². The first-order valence-electron chi connectivity index (χ1n) is 3.38. The van der Waals surface area contributed by atoms with Gasteiger partial charge in [0, 0.05) is 6.92 Å². The summed E-state index contributed by atoms with van der Waals surface area (Å²) in [7, 11) is 0. The van der Waals surface area contributed by atoms with E-state index < -0.39 is 5.97 Å². The Hall–Kier alpha value is -1.16. The molecule has 64 valence electrons. The van der Waals surface area contributed by atoms with Crippen molar-refractivity contribution < 1.29 is 14.3 Å². The van der Waals surface area contributed by atoms with E-state index in [2.05, 4.69) is 0 Å². The molecule has 0 amide bonds. The summed E-state index contributed by atoms with van der Waals surface area (Å²) in [5.74, 6) is -0.493. The number of rotatable bonds is 2. The fourth-order valence-corrected chi connectivity index (χ4v) is 1.60. The zero-order chi connectivity index (χ0) is 9.14. The summed E-state index contributed by atoms with van der Waals surface area (Å²) in [5, 5.41) is 2.10. The van der Waals surface area contributed by atoms with Gasteiger partial charge in [0.05, 0.1) is 5.56 Å². The molecule has 3 nitrogen and oxygen atoms in total. The maximum Gasteiger partial charge on any atom is 0.308 e. The summed E-state index contributed by atoms with van der Waals surface area (Å²) in [4.78, 5) is 21.5. The molecule has 0 atom stereocenters. The molecule has 4 heteroatoms. The third-order valence-electron chi connectivity index (χ3n) is 1.25. The van der Waals surface area contributed by atoms with Crippen molar-refractivity contribution in [1.82, 2.24) is 0 Å². The van der Waals surface area contributed by atoms with Crippen LogP contribution < -0.4 is 4.74 Å².